The largest absolute Gasteiger partial charge is 0.486 e. The van der Waals surface area contributed by atoms with E-state index in [-0.39, 0.29) is 6.10 Å². The Morgan fingerprint density at radius 3 is 2.82 bits per heavy atom. The molecule has 2 heteroatoms. The summed E-state index contributed by atoms with van der Waals surface area (Å²) < 4.78 is 10.9. The fraction of sp³-hybridized carbons (Fsp3) is 0.333. The topological polar surface area (TPSA) is 18.5 Å². The molecular weight excluding hydrogens is 140 g/mol. The number of fused-ring (bicyclic) bond motifs is 1. The molecule has 1 atom stereocenters. The summed E-state index contributed by atoms with van der Waals surface area (Å²) in [6.07, 6.45) is 0.171. The molecule has 1 aliphatic heterocycles. The summed E-state index contributed by atoms with van der Waals surface area (Å²) in [4.78, 5) is 0. The van der Waals surface area contributed by atoms with Crippen molar-refractivity contribution in [3.8, 4) is 11.5 Å². The van der Waals surface area contributed by atoms with Crippen LogP contribution in [0.4, 0.5) is 0 Å². The summed E-state index contributed by atoms with van der Waals surface area (Å²) >= 11 is 0. The van der Waals surface area contributed by atoms with E-state index in [4.69, 9.17) is 9.47 Å². The van der Waals surface area contributed by atoms with E-state index in [1.807, 2.05) is 31.2 Å². The normalized spacial score (nSPS) is 21.4. The van der Waals surface area contributed by atoms with Crippen molar-refractivity contribution in [1.29, 1.82) is 0 Å². The Kier molecular flexibility index (Phi) is 1.46. The number of hydrogen-bond donors (Lipinski definition) is 0. The molecule has 1 aliphatic rings. The third-order valence-corrected chi connectivity index (χ3v) is 1.65. The fourth-order valence-electron chi connectivity index (χ4n) is 1.12. The maximum Gasteiger partial charge on any atom is 0.161 e. The lowest BCUT2D eigenvalue weighted by Gasteiger charge is -2.23. The van der Waals surface area contributed by atoms with Crippen LogP contribution in [0.2, 0.25) is 0 Å². The summed E-state index contributed by atoms with van der Waals surface area (Å²) in [5.74, 6) is 1.71. The number of ether oxygens (including phenoxy) is 2. The highest BCUT2D eigenvalue weighted by Crippen LogP contribution is 2.30. The smallest absolute Gasteiger partial charge is 0.161 e. The first-order valence-corrected chi connectivity index (χ1v) is 3.75. The minimum atomic E-state index is 0.171. The summed E-state index contributed by atoms with van der Waals surface area (Å²) in [7, 11) is 0. The van der Waals surface area contributed by atoms with E-state index in [2.05, 4.69) is 0 Å². The van der Waals surface area contributed by atoms with Crippen molar-refractivity contribution in [3.05, 3.63) is 24.3 Å². The predicted molar refractivity (Wildman–Crippen MR) is 42.0 cm³/mol. The first-order chi connectivity index (χ1) is 5.36. The standard InChI is InChI=1S/C9H10O2/c1-7-6-10-8-4-2-3-5-9(8)11-7/h2-5,7H,6H2,1H3/t7-/m0/s1. The average Bonchev–Trinajstić information content (AvgIpc) is 2.04. The van der Waals surface area contributed by atoms with Gasteiger partial charge >= 0.3 is 0 Å². The Bertz CT molecular complexity index is 257. The van der Waals surface area contributed by atoms with Gasteiger partial charge in [0.15, 0.2) is 11.5 Å². The van der Waals surface area contributed by atoms with Gasteiger partial charge in [-0.15, -0.1) is 0 Å². The predicted octanol–water partition coefficient (Wildman–Crippen LogP) is 1.85. The lowest BCUT2D eigenvalue weighted by Crippen LogP contribution is -2.25. The first kappa shape index (κ1) is 6.53. The fourth-order valence-corrected chi connectivity index (χ4v) is 1.12. The molecule has 0 aliphatic carbocycles. The van der Waals surface area contributed by atoms with Crippen LogP contribution in [0.15, 0.2) is 24.3 Å². The SMILES string of the molecule is C[C@H]1COc2ccccc2O1. The molecule has 58 valence electrons. The molecule has 0 saturated heterocycles. The van der Waals surface area contributed by atoms with Crippen LogP contribution in [-0.4, -0.2) is 12.7 Å². The van der Waals surface area contributed by atoms with E-state index in [9.17, 15) is 0 Å². The van der Waals surface area contributed by atoms with Gasteiger partial charge in [-0.05, 0) is 19.1 Å². The van der Waals surface area contributed by atoms with E-state index in [1.165, 1.54) is 0 Å². The number of benzene rings is 1. The Morgan fingerprint density at radius 2 is 2.00 bits per heavy atom. The molecule has 0 saturated carbocycles. The van der Waals surface area contributed by atoms with Gasteiger partial charge in [0.2, 0.25) is 0 Å². The van der Waals surface area contributed by atoms with E-state index < -0.39 is 0 Å². The van der Waals surface area contributed by atoms with Crippen LogP contribution in [0.3, 0.4) is 0 Å². The third kappa shape index (κ3) is 1.16. The van der Waals surface area contributed by atoms with Gasteiger partial charge in [-0.2, -0.15) is 0 Å². The lowest BCUT2D eigenvalue weighted by molar-refractivity contribution is 0.104. The molecule has 2 rings (SSSR count). The van der Waals surface area contributed by atoms with Gasteiger partial charge in [-0.3, -0.25) is 0 Å². The third-order valence-electron chi connectivity index (χ3n) is 1.65. The van der Waals surface area contributed by atoms with Gasteiger partial charge in [-0.25, -0.2) is 0 Å². The van der Waals surface area contributed by atoms with Crippen LogP contribution in [0.5, 0.6) is 11.5 Å². The average molecular weight is 150 g/mol. The maximum atomic E-state index is 5.51. The molecule has 2 nitrogen and oxygen atoms in total. The van der Waals surface area contributed by atoms with Crippen LogP contribution in [0.1, 0.15) is 6.92 Å². The second kappa shape index (κ2) is 2.46. The van der Waals surface area contributed by atoms with E-state index >= 15 is 0 Å². The number of hydrogen-bond acceptors (Lipinski definition) is 2. The molecule has 1 heterocycles. The molecule has 0 amide bonds. The summed E-state index contributed by atoms with van der Waals surface area (Å²) in [6, 6.07) is 7.73. The molecule has 0 aromatic heterocycles. The monoisotopic (exact) mass is 150 g/mol. The molecule has 0 radical (unpaired) electrons. The van der Waals surface area contributed by atoms with Gasteiger partial charge in [0.05, 0.1) is 0 Å². The van der Waals surface area contributed by atoms with Gasteiger partial charge in [0.1, 0.15) is 12.7 Å². The Hall–Kier alpha value is -1.18. The van der Waals surface area contributed by atoms with Crippen molar-refractivity contribution < 1.29 is 9.47 Å². The Balaban J connectivity index is 2.34. The highest BCUT2D eigenvalue weighted by molar-refractivity contribution is 5.40. The van der Waals surface area contributed by atoms with E-state index in [0.717, 1.165) is 11.5 Å². The quantitative estimate of drug-likeness (QED) is 0.562. The minimum Gasteiger partial charge on any atom is -0.486 e. The number of rotatable bonds is 0. The van der Waals surface area contributed by atoms with Crippen molar-refractivity contribution in [2.75, 3.05) is 6.61 Å². The summed E-state index contributed by atoms with van der Waals surface area (Å²) in [5.41, 5.74) is 0. The van der Waals surface area contributed by atoms with Gasteiger partial charge < -0.3 is 9.47 Å². The molecule has 1 aromatic carbocycles. The van der Waals surface area contributed by atoms with Crippen LogP contribution in [0, 0.1) is 0 Å². The van der Waals surface area contributed by atoms with E-state index in [1.54, 1.807) is 0 Å². The molecule has 0 bridgehead atoms. The lowest BCUT2D eigenvalue weighted by atomic mass is 10.3. The van der Waals surface area contributed by atoms with Crippen LogP contribution in [0.25, 0.3) is 0 Å². The zero-order chi connectivity index (χ0) is 7.68. The minimum absolute atomic E-state index is 0.171. The van der Waals surface area contributed by atoms with Crippen LogP contribution >= 0.6 is 0 Å². The molecule has 0 spiro atoms. The molecular formula is C9H10O2. The molecule has 11 heavy (non-hydrogen) atoms. The van der Waals surface area contributed by atoms with Gasteiger partial charge in [0, 0.05) is 0 Å². The number of para-hydroxylation sites is 2. The van der Waals surface area contributed by atoms with Crippen molar-refractivity contribution in [2.45, 2.75) is 13.0 Å². The van der Waals surface area contributed by atoms with Gasteiger partial charge in [-0.1, -0.05) is 12.1 Å². The van der Waals surface area contributed by atoms with Crippen molar-refractivity contribution in [3.63, 3.8) is 0 Å². The van der Waals surface area contributed by atoms with Crippen LogP contribution in [-0.2, 0) is 0 Å². The van der Waals surface area contributed by atoms with Crippen molar-refractivity contribution in [2.24, 2.45) is 0 Å². The molecule has 0 unspecified atom stereocenters. The second-order valence-electron chi connectivity index (χ2n) is 2.69. The van der Waals surface area contributed by atoms with Crippen molar-refractivity contribution in [1.82, 2.24) is 0 Å². The molecule has 1 aromatic rings. The van der Waals surface area contributed by atoms with E-state index in [0.29, 0.717) is 6.61 Å². The zero-order valence-electron chi connectivity index (χ0n) is 6.41. The summed E-state index contributed by atoms with van der Waals surface area (Å²) in [6.45, 7) is 2.65. The highest BCUT2D eigenvalue weighted by atomic mass is 16.6. The zero-order valence-corrected chi connectivity index (χ0v) is 6.41. The first-order valence-electron chi connectivity index (χ1n) is 3.75. The summed E-state index contributed by atoms with van der Waals surface area (Å²) in [5, 5.41) is 0. The highest BCUT2D eigenvalue weighted by Gasteiger charge is 2.15. The molecule has 0 fully saturated rings. The Morgan fingerprint density at radius 1 is 1.27 bits per heavy atom. The molecule has 0 N–H and O–H groups in total. The Labute approximate surface area is 65.7 Å². The van der Waals surface area contributed by atoms with Gasteiger partial charge in [0.25, 0.3) is 0 Å². The van der Waals surface area contributed by atoms with Crippen LogP contribution < -0.4 is 9.47 Å². The maximum absolute atomic E-state index is 5.51. The second-order valence-corrected chi connectivity index (χ2v) is 2.69. The van der Waals surface area contributed by atoms with Crippen molar-refractivity contribution >= 4 is 0 Å².